The van der Waals surface area contributed by atoms with E-state index < -0.39 is 58.7 Å². The number of carbonyl (C=O) groups is 5. The number of nitrogens with one attached hydrogen (secondary N) is 1. The molecule has 0 saturated heterocycles. The van der Waals surface area contributed by atoms with Crippen LogP contribution in [0.2, 0.25) is 20.1 Å². The molecule has 0 unspecified atom stereocenters. The fourth-order valence-corrected chi connectivity index (χ4v) is 12.4. The molecule has 0 bridgehead atoms. The second-order valence-corrected chi connectivity index (χ2v) is 19.1. The average molecular weight is 444 g/mol. The Labute approximate surface area is 174 Å². The van der Waals surface area contributed by atoms with Gasteiger partial charge in [0.25, 0.3) is 0 Å². The first-order valence-electron chi connectivity index (χ1n) is 7.50. The quantitative estimate of drug-likeness (QED) is 0.122. The van der Waals surface area contributed by atoms with E-state index in [1.54, 1.807) is 0 Å². The van der Waals surface area contributed by atoms with E-state index in [0.29, 0.717) is 13.1 Å². The van der Waals surface area contributed by atoms with Crippen LogP contribution in [0.25, 0.3) is 0 Å². The van der Waals surface area contributed by atoms with Crippen LogP contribution < -0.4 is 11.2 Å². The third-order valence-electron chi connectivity index (χ3n) is 3.44. The molecular formula is C12H23N2NaO10Zn. The maximum absolute atomic E-state index is 10.6. The summed E-state index contributed by atoms with van der Waals surface area (Å²) in [4.78, 5) is 56.8. The molecule has 26 heavy (non-hydrogen) atoms. The Bertz CT molecular complexity index is 433. The molecule has 0 amide bonds. The topological polar surface area (TPSA) is 214 Å². The van der Waals surface area contributed by atoms with Gasteiger partial charge in [-0.1, -0.05) is 0 Å². The minimum absolute atomic E-state index is 0. The molecule has 0 aromatic heterocycles. The summed E-state index contributed by atoms with van der Waals surface area (Å²) < 4.78 is 0. The van der Waals surface area contributed by atoms with Gasteiger partial charge in [0.1, 0.15) is 0 Å². The fraction of sp³-hybridized carbons (Fsp3) is 0.583. The van der Waals surface area contributed by atoms with Crippen molar-refractivity contribution >= 4 is 59.4 Å². The summed E-state index contributed by atoms with van der Waals surface area (Å²) in [6, 6.07) is 0. The average Bonchev–Trinajstić information content (AvgIpc) is 2.34. The third-order valence-corrected chi connectivity index (χ3v) is 15.9. The molecule has 0 aliphatic heterocycles. The maximum atomic E-state index is 10.6. The number of hydrogen-bond donors (Lipinski definition) is 6. The zero-order valence-electron chi connectivity index (χ0n) is 13.8. The molecule has 12 nitrogen and oxygen atoms in total. The van der Waals surface area contributed by atoms with Crippen LogP contribution in [0.5, 0.6) is 0 Å². The minimum atomic E-state index is -4.39. The van der Waals surface area contributed by atoms with E-state index in [1.165, 1.54) is 6.92 Å². The summed E-state index contributed by atoms with van der Waals surface area (Å²) >= 11 is -4.39. The zero-order chi connectivity index (χ0) is 20.0. The van der Waals surface area contributed by atoms with Crippen LogP contribution in [0.15, 0.2) is 0 Å². The first-order chi connectivity index (χ1) is 11.4. The second-order valence-electron chi connectivity index (χ2n) is 5.97. The Hall–Kier alpha value is -1.11. The number of carbonyl (C=O) groups excluding carboxylic acids is 1. The summed E-state index contributed by atoms with van der Waals surface area (Å²) in [7, 11) is 0. The summed E-state index contributed by atoms with van der Waals surface area (Å²) in [5.41, 5.74) is 7.42. The summed E-state index contributed by atoms with van der Waals surface area (Å²) in [5, 5.41) is 32.2. The van der Waals surface area contributed by atoms with Gasteiger partial charge in [0.15, 0.2) is 0 Å². The van der Waals surface area contributed by atoms with Crippen molar-refractivity contribution < 1.29 is 64.0 Å². The zero-order valence-corrected chi connectivity index (χ0v) is 16.7. The van der Waals surface area contributed by atoms with Gasteiger partial charge in [-0.3, -0.25) is 4.79 Å². The fourth-order valence-electron chi connectivity index (χ4n) is 2.56. The summed E-state index contributed by atoms with van der Waals surface area (Å²) in [6.45, 7) is 2.29. The van der Waals surface area contributed by atoms with Crippen LogP contribution in [-0.2, 0) is 43.6 Å². The van der Waals surface area contributed by atoms with Crippen LogP contribution in [0.4, 0.5) is 0 Å². The van der Waals surface area contributed by atoms with Crippen LogP contribution in [-0.4, -0.2) is 92.9 Å². The van der Waals surface area contributed by atoms with Gasteiger partial charge in [0.2, 0.25) is 0 Å². The van der Waals surface area contributed by atoms with Crippen molar-refractivity contribution in [1.29, 1.82) is 0 Å². The Morgan fingerprint density at radius 3 is 1.35 bits per heavy atom. The Kier molecular flexibility index (Phi) is 18.4. The molecule has 0 fully saturated rings. The number of nitrogens with two attached hydrogens (primary N) is 1. The van der Waals surface area contributed by atoms with Crippen LogP contribution in [0, 0.1) is 0 Å². The van der Waals surface area contributed by atoms with Crippen molar-refractivity contribution in [3.63, 3.8) is 0 Å². The van der Waals surface area contributed by atoms with Crippen LogP contribution in [0.3, 0.4) is 0 Å². The van der Waals surface area contributed by atoms with Crippen molar-refractivity contribution in [2.45, 2.75) is 27.0 Å². The van der Waals surface area contributed by atoms with E-state index in [0.717, 1.165) is 0 Å². The van der Waals surface area contributed by atoms with Gasteiger partial charge < -0.3 is 10.6 Å². The third kappa shape index (κ3) is 19.2. The van der Waals surface area contributed by atoms with Gasteiger partial charge in [0.05, 0.1) is 0 Å². The molecule has 0 aliphatic rings. The van der Waals surface area contributed by atoms with E-state index in [1.807, 2.05) is 0 Å². The molecule has 14 heteroatoms. The first kappa shape index (κ1) is 29.6. The molecule has 0 spiro atoms. The standard InChI is InChI=1S/C4H10N2O2.4C2H3O2.Na.Zn.H/c1-4(7)8-6-3-2-5;4*1-2(3)4;;;/h6H,2-3,5H2,1H3;4*1H2,(H,3,4);;;. The van der Waals surface area contributed by atoms with E-state index in [2.05, 4.69) is 10.3 Å². The van der Waals surface area contributed by atoms with Crippen molar-refractivity contribution in [1.82, 2.24) is 5.48 Å². The van der Waals surface area contributed by atoms with Crippen LogP contribution in [0.1, 0.15) is 6.92 Å². The molecule has 7 N–H and O–H groups in total. The van der Waals surface area contributed by atoms with Crippen molar-refractivity contribution in [2.75, 3.05) is 13.1 Å². The molecule has 0 aliphatic carbocycles. The van der Waals surface area contributed by atoms with Crippen LogP contribution >= 0.6 is 0 Å². The van der Waals surface area contributed by atoms with Gasteiger partial charge in [-0.2, -0.15) is 5.48 Å². The van der Waals surface area contributed by atoms with E-state index >= 15 is 0 Å². The number of hydroxylamine groups is 1. The Morgan fingerprint density at radius 1 is 0.846 bits per heavy atom. The van der Waals surface area contributed by atoms with Gasteiger partial charge >= 0.3 is 134 Å². The molecule has 0 aromatic carbocycles. The monoisotopic (exact) mass is 442 g/mol. The molecule has 0 radical (unpaired) electrons. The Morgan fingerprint density at radius 2 is 1.15 bits per heavy atom. The number of carboxylic acid groups (broad SMARTS) is 4. The molecule has 0 rings (SSSR count). The number of rotatable bonds is 11. The van der Waals surface area contributed by atoms with Gasteiger partial charge in [-0.15, -0.1) is 0 Å². The van der Waals surface area contributed by atoms with E-state index in [-0.39, 0.29) is 35.5 Å². The second kappa shape index (κ2) is 16.1. The summed E-state index contributed by atoms with van der Waals surface area (Å²) in [5.74, 6) is -5.71. The Balaban J connectivity index is -0.000000498. The molecule has 0 atom stereocenters. The van der Waals surface area contributed by atoms with E-state index in [4.69, 9.17) is 26.2 Å². The predicted molar refractivity (Wildman–Crippen MR) is 85.7 cm³/mol. The molecule has 0 heterocycles. The van der Waals surface area contributed by atoms with Gasteiger partial charge in [0, 0.05) is 20.0 Å². The van der Waals surface area contributed by atoms with Crippen molar-refractivity contribution in [2.24, 2.45) is 5.73 Å². The number of hydrogen-bond acceptors (Lipinski definition) is 8. The molecular weight excluding hydrogens is 421 g/mol. The normalized spacial score (nSPS) is 9.15. The van der Waals surface area contributed by atoms with Gasteiger partial charge in [-0.05, 0) is 0 Å². The van der Waals surface area contributed by atoms with Crippen molar-refractivity contribution in [3.8, 4) is 0 Å². The number of aliphatic carboxylic acids is 4. The molecule has 0 aromatic rings. The number of carboxylic acids is 4. The predicted octanol–water partition coefficient (Wildman–Crippen LogP) is -1.48. The summed E-state index contributed by atoms with van der Waals surface area (Å²) in [6.07, 6.45) is 0. The van der Waals surface area contributed by atoms with Crippen molar-refractivity contribution in [3.05, 3.63) is 0 Å². The molecule has 144 valence electrons. The molecule has 0 saturated carbocycles. The van der Waals surface area contributed by atoms with E-state index in [9.17, 15) is 24.0 Å². The first-order valence-corrected chi connectivity index (χ1v) is 15.9. The van der Waals surface area contributed by atoms with Gasteiger partial charge in [-0.25, -0.2) is 0 Å². The SMILES string of the molecule is CC(=O)ONCCN.O=C(O)[CH2][Zn]([CH2]C(=O)O)([CH2]C(=O)O)[CH2]C(=O)O.[NaH].